The summed E-state index contributed by atoms with van der Waals surface area (Å²) in [7, 11) is 1.40. The van der Waals surface area contributed by atoms with Crippen molar-refractivity contribution in [3.63, 3.8) is 0 Å². The van der Waals surface area contributed by atoms with Crippen LogP contribution in [0.1, 0.15) is 46.7 Å². The van der Waals surface area contributed by atoms with E-state index in [2.05, 4.69) is 0 Å². The highest BCUT2D eigenvalue weighted by Gasteiger charge is 2.31. The number of hydrogen-bond acceptors (Lipinski definition) is 4. The van der Waals surface area contributed by atoms with Gasteiger partial charge in [-0.05, 0) is 25.0 Å². The van der Waals surface area contributed by atoms with Crippen LogP contribution in [0.5, 0.6) is 0 Å². The highest BCUT2D eigenvalue weighted by molar-refractivity contribution is 7.14. The maximum Gasteiger partial charge on any atom is 0.348 e. The number of esters is 1. The zero-order valence-electron chi connectivity index (χ0n) is 9.49. The number of carbonyl (C=O) groups excluding carboxylic acids is 1. The lowest BCUT2D eigenvalue weighted by atomic mass is 9.81. The predicted octanol–water partition coefficient (Wildman–Crippen LogP) is 2.65. The Labute approximate surface area is 99.6 Å². The van der Waals surface area contributed by atoms with Gasteiger partial charge < -0.3 is 10.5 Å². The van der Waals surface area contributed by atoms with Crippen LogP contribution in [0.4, 0.5) is 0 Å². The molecule has 1 heterocycles. The molecule has 0 spiro atoms. The number of thiophene rings is 1. The second-order valence-electron chi connectivity index (χ2n) is 4.37. The first-order valence-corrected chi connectivity index (χ1v) is 6.45. The molecule has 0 aliphatic heterocycles. The molecule has 2 N–H and O–H groups in total. The van der Waals surface area contributed by atoms with Crippen molar-refractivity contribution >= 4 is 17.3 Å². The normalized spacial score (nSPS) is 19.4. The molecule has 1 aromatic rings. The Morgan fingerprint density at radius 2 is 2.06 bits per heavy atom. The van der Waals surface area contributed by atoms with Crippen LogP contribution in [0.2, 0.25) is 0 Å². The number of methoxy groups -OCH3 is 1. The molecule has 1 aliphatic rings. The first kappa shape index (κ1) is 11.6. The molecule has 0 atom stereocenters. The first-order valence-electron chi connectivity index (χ1n) is 5.63. The van der Waals surface area contributed by atoms with Gasteiger partial charge in [0.25, 0.3) is 0 Å². The molecule has 1 saturated carbocycles. The number of nitrogens with two attached hydrogens (primary N) is 1. The van der Waals surface area contributed by atoms with E-state index >= 15 is 0 Å². The van der Waals surface area contributed by atoms with Gasteiger partial charge in [-0.1, -0.05) is 19.3 Å². The average molecular weight is 239 g/mol. The first-order chi connectivity index (χ1) is 7.65. The van der Waals surface area contributed by atoms with Gasteiger partial charge in [-0.3, -0.25) is 0 Å². The molecule has 1 aliphatic carbocycles. The Hall–Kier alpha value is -0.870. The van der Waals surface area contributed by atoms with Crippen molar-refractivity contribution in [2.45, 2.75) is 37.6 Å². The molecule has 88 valence electrons. The number of hydrogen-bond donors (Lipinski definition) is 1. The third-order valence-corrected chi connectivity index (χ3v) is 4.51. The quantitative estimate of drug-likeness (QED) is 0.807. The fourth-order valence-corrected chi connectivity index (χ4v) is 3.33. The monoisotopic (exact) mass is 239 g/mol. The van der Waals surface area contributed by atoms with E-state index in [0.717, 1.165) is 17.7 Å². The lowest BCUT2D eigenvalue weighted by molar-refractivity contribution is 0.0606. The standard InChI is InChI=1S/C12H17NO2S/c1-15-11(14)9-5-6-10(16-9)12(13)7-3-2-4-8-12/h5-6H,2-4,7-8,13H2,1H3. The van der Waals surface area contributed by atoms with E-state index in [-0.39, 0.29) is 11.5 Å². The summed E-state index contributed by atoms with van der Waals surface area (Å²) in [6, 6.07) is 3.79. The SMILES string of the molecule is COC(=O)c1ccc(C2(N)CCCCC2)s1. The molecule has 0 saturated heterocycles. The van der Waals surface area contributed by atoms with Gasteiger partial charge in [-0.25, -0.2) is 4.79 Å². The molecule has 1 fully saturated rings. The van der Waals surface area contributed by atoms with Gasteiger partial charge >= 0.3 is 5.97 Å². The van der Waals surface area contributed by atoms with Crippen LogP contribution in [-0.2, 0) is 10.3 Å². The fourth-order valence-electron chi connectivity index (χ4n) is 2.24. The van der Waals surface area contributed by atoms with E-state index in [1.807, 2.05) is 12.1 Å². The minimum Gasteiger partial charge on any atom is -0.465 e. The Kier molecular flexibility index (Phi) is 3.30. The van der Waals surface area contributed by atoms with Crippen molar-refractivity contribution in [2.24, 2.45) is 5.73 Å². The van der Waals surface area contributed by atoms with Crippen LogP contribution in [0.25, 0.3) is 0 Å². The largest absolute Gasteiger partial charge is 0.465 e. The third-order valence-electron chi connectivity index (χ3n) is 3.23. The second kappa shape index (κ2) is 4.55. The zero-order chi connectivity index (χ0) is 11.6. The topological polar surface area (TPSA) is 52.3 Å². The van der Waals surface area contributed by atoms with E-state index < -0.39 is 0 Å². The van der Waals surface area contributed by atoms with Crippen molar-refractivity contribution in [3.05, 3.63) is 21.9 Å². The lowest BCUT2D eigenvalue weighted by Crippen LogP contribution is -2.37. The Morgan fingerprint density at radius 1 is 1.38 bits per heavy atom. The maximum absolute atomic E-state index is 11.4. The number of carbonyl (C=O) groups is 1. The van der Waals surface area contributed by atoms with E-state index in [4.69, 9.17) is 10.5 Å². The summed E-state index contributed by atoms with van der Waals surface area (Å²) in [5, 5.41) is 0. The van der Waals surface area contributed by atoms with E-state index in [0.29, 0.717) is 4.88 Å². The van der Waals surface area contributed by atoms with Crippen LogP contribution in [0.15, 0.2) is 12.1 Å². The summed E-state index contributed by atoms with van der Waals surface area (Å²) >= 11 is 1.47. The molecule has 0 unspecified atom stereocenters. The summed E-state index contributed by atoms with van der Waals surface area (Å²) in [6.07, 6.45) is 5.68. The molecule has 0 amide bonds. The van der Waals surface area contributed by atoms with Crippen LogP contribution in [0.3, 0.4) is 0 Å². The fraction of sp³-hybridized carbons (Fsp3) is 0.583. The van der Waals surface area contributed by atoms with Gasteiger partial charge in [0.15, 0.2) is 0 Å². The molecule has 16 heavy (non-hydrogen) atoms. The highest BCUT2D eigenvalue weighted by Crippen LogP contribution is 2.38. The van der Waals surface area contributed by atoms with Crippen LogP contribution < -0.4 is 5.73 Å². The molecule has 0 radical (unpaired) electrons. The summed E-state index contributed by atoms with van der Waals surface area (Å²) in [5.74, 6) is -0.268. The van der Waals surface area contributed by atoms with Gasteiger partial charge in [0.1, 0.15) is 4.88 Å². The Morgan fingerprint density at radius 3 is 2.69 bits per heavy atom. The predicted molar refractivity (Wildman–Crippen MR) is 64.6 cm³/mol. The smallest absolute Gasteiger partial charge is 0.348 e. The maximum atomic E-state index is 11.4. The second-order valence-corrected chi connectivity index (χ2v) is 5.46. The number of rotatable bonds is 2. The molecule has 4 heteroatoms. The van der Waals surface area contributed by atoms with E-state index in [1.54, 1.807) is 0 Å². The van der Waals surface area contributed by atoms with Gasteiger partial charge in [-0.15, -0.1) is 11.3 Å². The highest BCUT2D eigenvalue weighted by atomic mass is 32.1. The third kappa shape index (κ3) is 2.13. The molecule has 3 nitrogen and oxygen atoms in total. The van der Waals surface area contributed by atoms with Gasteiger partial charge in [0.05, 0.1) is 12.6 Å². The van der Waals surface area contributed by atoms with Crippen molar-refractivity contribution < 1.29 is 9.53 Å². The molecule has 2 rings (SSSR count). The van der Waals surface area contributed by atoms with Crippen LogP contribution in [0, 0.1) is 0 Å². The Balaban J connectivity index is 2.20. The summed E-state index contributed by atoms with van der Waals surface area (Å²) in [4.78, 5) is 13.1. The minimum atomic E-state index is -0.268. The lowest BCUT2D eigenvalue weighted by Gasteiger charge is -2.32. The Bertz CT molecular complexity index is 380. The van der Waals surface area contributed by atoms with Gasteiger partial charge in [0.2, 0.25) is 0 Å². The van der Waals surface area contributed by atoms with E-state index in [9.17, 15) is 4.79 Å². The molecule has 1 aromatic heterocycles. The summed E-state index contributed by atoms with van der Waals surface area (Å²) < 4.78 is 4.70. The van der Waals surface area contributed by atoms with Crippen molar-refractivity contribution in [2.75, 3.05) is 7.11 Å². The van der Waals surface area contributed by atoms with Gasteiger partial charge in [0, 0.05) is 4.88 Å². The average Bonchev–Trinajstić information content (AvgIpc) is 2.79. The summed E-state index contributed by atoms with van der Waals surface area (Å²) in [5.41, 5.74) is 6.18. The van der Waals surface area contributed by atoms with Crippen molar-refractivity contribution in [1.82, 2.24) is 0 Å². The van der Waals surface area contributed by atoms with Gasteiger partial charge in [-0.2, -0.15) is 0 Å². The van der Waals surface area contributed by atoms with Crippen LogP contribution >= 0.6 is 11.3 Å². The molecule has 0 aromatic carbocycles. The molecular formula is C12H17NO2S. The minimum absolute atomic E-state index is 0.213. The molecular weight excluding hydrogens is 222 g/mol. The number of ether oxygens (including phenoxy) is 1. The molecule has 0 bridgehead atoms. The van der Waals surface area contributed by atoms with E-state index in [1.165, 1.54) is 37.7 Å². The van der Waals surface area contributed by atoms with Crippen molar-refractivity contribution in [1.29, 1.82) is 0 Å². The summed E-state index contributed by atoms with van der Waals surface area (Å²) in [6.45, 7) is 0. The zero-order valence-corrected chi connectivity index (χ0v) is 10.3. The van der Waals surface area contributed by atoms with Crippen molar-refractivity contribution in [3.8, 4) is 0 Å². The van der Waals surface area contributed by atoms with Crippen LogP contribution in [-0.4, -0.2) is 13.1 Å².